The number of hydrogen-bond donors (Lipinski definition) is 2. The molecular weight excluding hydrogens is 354 g/mol. The van der Waals surface area contributed by atoms with Crippen LogP contribution in [0.2, 0.25) is 0 Å². The predicted molar refractivity (Wildman–Crippen MR) is 113 cm³/mol. The summed E-state index contributed by atoms with van der Waals surface area (Å²) in [6.07, 6.45) is 13.1. The van der Waals surface area contributed by atoms with Crippen LogP contribution in [-0.2, 0) is 9.59 Å². The first-order chi connectivity index (χ1) is 13.6. The molecule has 0 heterocycles. The number of carboxylic acids is 1. The summed E-state index contributed by atoms with van der Waals surface area (Å²) >= 11 is 0. The van der Waals surface area contributed by atoms with Gasteiger partial charge in [-0.15, -0.1) is 0 Å². The molecule has 0 aliphatic rings. The minimum atomic E-state index is -0.702. The van der Waals surface area contributed by atoms with Crippen LogP contribution in [0.5, 0.6) is 5.75 Å². The third-order valence-electron chi connectivity index (χ3n) is 4.40. The summed E-state index contributed by atoms with van der Waals surface area (Å²) in [5.74, 6) is 0.0836. The zero-order valence-corrected chi connectivity index (χ0v) is 17.1. The van der Waals surface area contributed by atoms with E-state index in [1.165, 1.54) is 6.42 Å². The largest absolute Gasteiger partial charge is 0.494 e. The van der Waals surface area contributed by atoms with Crippen LogP contribution in [0, 0.1) is 0 Å². The lowest BCUT2D eigenvalue weighted by atomic mass is 10.1. The highest BCUT2D eigenvalue weighted by molar-refractivity contribution is 5.91. The van der Waals surface area contributed by atoms with Crippen molar-refractivity contribution in [3.05, 3.63) is 35.9 Å². The van der Waals surface area contributed by atoms with E-state index in [0.29, 0.717) is 13.2 Å². The van der Waals surface area contributed by atoms with Gasteiger partial charge in [0.1, 0.15) is 5.75 Å². The Kier molecular flexibility index (Phi) is 13.3. The molecule has 1 rings (SSSR count). The summed E-state index contributed by atoms with van der Waals surface area (Å²) in [5, 5.41) is 11.5. The summed E-state index contributed by atoms with van der Waals surface area (Å²) in [6.45, 7) is 3.49. The van der Waals surface area contributed by atoms with E-state index >= 15 is 0 Å². The van der Waals surface area contributed by atoms with Gasteiger partial charge in [-0.1, -0.05) is 57.6 Å². The molecule has 1 aromatic rings. The highest BCUT2D eigenvalue weighted by Crippen LogP contribution is 2.13. The van der Waals surface area contributed by atoms with E-state index in [0.717, 1.165) is 62.7 Å². The molecule has 0 fully saturated rings. The van der Waals surface area contributed by atoms with Crippen molar-refractivity contribution in [2.45, 2.75) is 71.1 Å². The van der Waals surface area contributed by atoms with E-state index in [2.05, 4.69) is 12.2 Å². The number of nitrogens with one attached hydrogen (secondary N) is 1. The molecule has 0 unspecified atom stereocenters. The number of hydrogen-bond acceptors (Lipinski definition) is 3. The van der Waals surface area contributed by atoms with Crippen molar-refractivity contribution >= 4 is 18.0 Å². The Morgan fingerprint density at radius 3 is 2.18 bits per heavy atom. The molecule has 5 heteroatoms. The summed E-state index contributed by atoms with van der Waals surface area (Å²) < 4.78 is 5.54. The smallest absolute Gasteiger partial charge is 0.303 e. The van der Waals surface area contributed by atoms with Gasteiger partial charge in [-0.3, -0.25) is 9.59 Å². The van der Waals surface area contributed by atoms with Gasteiger partial charge in [0.2, 0.25) is 5.91 Å². The van der Waals surface area contributed by atoms with Crippen LogP contribution in [-0.4, -0.2) is 30.1 Å². The number of carbonyl (C=O) groups is 2. The Morgan fingerprint density at radius 1 is 0.964 bits per heavy atom. The molecule has 1 aromatic carbocycles. The standard InChI is InChI=1S/C23H35NO4/c1-2-19-28-21-15-12-20(13-16-21)14-17-22(25)24-18-10-8-6-4-3-5-7-9-11-23(26)27/h12-17H,2-11,18-19H2,1H3,(H,24,25)(H,26,27)/b17-14+. The Balaban J connectivity index is 2.01. The quantitative estimate of drug-likeness (QED) is 0.301. The fourth-order valence-electron chi connectivity index (χ4n) is 2.80. The van der Waals surface area contributed by atoms with Gasteiger partial charge in [-0.05, 0) is 43.0 Å². The van der Waals surface area contributed by atoms with Crippen molar-refractivity contribution in [2.75, 3.05) is 13.2 Å². The topological polar surface area (TPSA) is 75.6 Å². The third kappa shape index (κ3) is 13.0. The molecule has 0 radical (unpaired) electrons. The molecule has 1 amide bonds. The van der Waals surface area contributed by atoms with Crippen molar-refractivity contribution < 1.29 is 19.4 Å². The van der Waals surface area contributed by atoms with Gasteiger partial charge >= 0.3 is 5.97 Å². The number of rotatable bonds is 16. The van der Waals surface area contributed by atoms with Gasteiger partial charge in [-0.25, -0.2) is 0 Å². The number of amides is 1. The number of benzene rings is 1. The van der Waals surface area contributed by atoms with Gasteiger partial charge in [-0.2, -0.15) is 0 Å². The van der Waals surface area contributed by atoms with Gasteiger partial charge in [0, 0.05) is 19.0 Å². The van der Waals surface area contributed by atoms with Crippen LogP contribution in [0.25, 0.3) is 6.08 Å². The van der Waals surface area contributed by atoms with Crippen LogP contribution in [0.3, 0.4) is 0 Å². The minimum Gasteiger partial charge on any atom is -0.494 e. The van der Waals surface area contributed by atoms with Gasteiger partial charge < -0.3 is 15.2 Å². The maximum atomic E-state index is 11.8. The molecule has 0 bridgehead atoms. The van der Waals surface area contributed by atoms with E-state index in [1.54, 1.807) is 6.08 Å². The first-order valence-electron chi connectivity index (χ1n) is 10.5. The zero-order valence-electron chi connectivity index (χ0n) is 17.1. The average Bonchev–Trinajstić information content (AvgIpc) is 2.69. The van der Waals surface area contributed by atoms with Crippen molar-refractivity contribution in [3.8, 4) is 5.75 Å². The Morgan fingerprint density at radius 2 is 1.57 bits per heavy atom. The van der Waals surface area contributed by atoms with E-state index < -0.39 is 5.97 Å². The van der Waals surface area contributed by atoms with Crippen molar-refractivity contribution in [1.82, 2.24) is 5.32 Å². The van der Waals surface area contributed by atoms with Crippen molar-refractivity contribution in [1.29, 1.82) is 0 Å². The molecule has 0 spiro atoms. The normalized spacial score (nSPS) is 10.9. The van der Waals surface area contributed by atoms with Crippen LogP contribution in [0.15, 0.2) is 30.3 Å². The van der Waals surface area contributed by atoms with E-state index in [1.807, 2.05) is 30.3 Å². The highest BCUT2D eigenvalue weighted by Gasteiger charge is 1.98. The average molecular weight is 390 g/mol. The lowest BCUT2D eigenvalue weighted by Gasteiger charge is -2.04. The maximum Gasteiger partial charge on any atom is 0.303 e. The first kappa shape index (κ1) is 23.7. The van der Waals surface area contributed by atoms with Crippen molar-refractivity contribution in [2.24, 2.45) is 0 Å². The van der Waals surface area contributed by atoms with Crippen LogP contribution in [0.4, 0.5) is 0 Å². The predicted octanol–water partition coefficient (Wildman–Crippen LogP) is 5.20. The number of unbranched alkanes of at least 4 members (excludes halogenated alkanes) is 7. The van der Waals surface area contributed by atoms with E-state index in [-0.39, 0.29) is 12.3 Å². The Hall–Kier alpha value is -2.30. The highest BCUT2D eigenvalue weighted by atomic mass is 16.5. The first-order valence-corrected chi connectivity index (χ1v) is 10.5. The Bertz CT molecular complexity index is 581. The molecule has 156 valence electrons. The maximum absolute atomic E-state index is 11.8. The van der Waals surface area contributed by atoms with Crippen LogP contribution >= 0.6 is 0 Å². The van der Waals surface area contributed by atoms with Crippen LogP contribution < -0.4 is 10.1 Å². The monoisotopic (exact) mass is 389 g/mol. The van der Waals surface area contributed by atoms with Crippen LogP contribution in [0.1, 0.15) is 76.7 Å². The van der Waals surface area contributed by atoms with Crippen molar-refractivity contribution in [3.63, 3.8) is 0 Å². The number of aliphatic carboxylic acids is 1. The zero-order chi connectivity index (χ0) is 20.5. The molecular formula is C23H35NO4. The third-order valence-corrected chi connectivity index (χ3v) is 4.40. The number of carboxylic acid groups (broad SMARTS) is 1. The van der Waals surface area contributed by atoms with E-state index in [9.17, 15) is 9.59 Å². The molecule has 0 atom stereocenters. The van der Waals surface area contributed by atoms with Gasteiger partial charge in [0.15, 0.2) is 0 Å². The molecule has 0 saturated heterocycles. The van der Waals surface area contributed by atoms with Gasteiger partial charge in [0.25, 0.3) is 0 Å². The summed E-state index contributed by atoms with van der Waals surface area (Å²) in [5.41, 5.74) is 0.974. The lowest BCUT2D eigenvalue weighted by molar-refractivity contribution is -0.137. The molecule has 5 nitrogen and oxygen atoms in total. The second-order valence-corrected chi connectivity index (χ2v) is 7.01. The fourth-order valence-corrected chi connectivity index (χ4v) is 2.80. The lowest BCUT2D eigenvalue weighted by Crippen LogP contribution is -2.21. The summed E-state index contributed by atoms with van der Waals surface area (Å²) in [4.78, 5) is 22.2. The summed E-state index contributed by atoms with van der Waals surface area (Å²) in [6, 6.07) is 7.71. The second kappa shape index (κ2) is 15.7. The number of carbonyl (C=O) groups excluding carboxylic acids is 1. The molecule has 28 heavy (non-hydrogen) atoms. The molecule has 2 N–H and O–H groups in total. The fraction of sp³-hybridized carbons (Fsp3) is 0.565. The molecule has 0 aliphatic carbocycles. The molecule has 0 aromatic heterocycles. The Labute approximate surface area is 169 Å². The van der Waals surface area contributed by atoms with Gasteiger partial charge in [0.05, 0.1) is 6.61 Å². The minimum absolute atomic E-state index is 0.0651. The second-order valence-electron chi connectivity index (χ2n) is 7.01. The number of ether oxygens (including phenoxy) is 1. The molecule has 0 aliphatic heterocycles. The SMILES string of the molecule is CCCOc1ccc(/C=C/C(=O)NCCCCCCCCCCC(=O)O)cc1. The summed E-state index contributed by atoms with van der Waals surface area (Å²) in [7, 11) is 0. The molecule has 0 saturated carbocycles. The van der Waals surface area contributed by atoms with E-state index in [4.69, 9.17) is 9.84 Å².